The van der Waals surface area contributed by atoms with Gasteiger partial charge >= 0.3 is 0 Å². The summed E-state index contributed by atoms with van der Waals surface area (Å²) in [4.78, 5) is 29.7. The van der Waals surface area contributed by atoms with Crippen molar-refractivity contribution in [1.82, 2.24) is 9.38 Å². The molecule has 132 valence electrons. The molecule has 0 aliphatic heterocycles. The van der Waals surface area contributed by atoms with Crippen molar-refractivity contribution in [2.75, 3.05) is 5.32 Å². The lowest BCUT2D eigenvalue weighted by molar-refractivity contribution is -0.112. The predicted octanol–water partition coefficient (Wildman–Crippen LogP) is 4.13. The molecule has 1 aromatic carbocycles. The molecule has 5 heteroatoms. The molecule has 0 saturated carbocycles. The third kappa shape index (κ3) is 3.22. The van der Waals surface area contributed by atoms with E-state index in [1.165, 1.54) is 0 Å². The van der Waals surface area contributed by atoms with E-state index >= 15 is 0 Å². The van der Waals surface area contributed by atoms with Gasteiger partial charge in [0.2, 0.25) is 0 Å². The number of amides is 1. The van der Waals surface area contributed by atoms with Crippen LogP contribution in [0.25, 0.3) is 16.6 Å². The Kier molecular flexibility index (Phi) is 4.26. The van der Waals surface area contributed by atoms with Crippen LogP contribution in [0.3, 0.4) is 0 Å². The van der Waals surface area contributed by atoms with Gasteiger partial charge in [0, 0.05) is 35.4 Å². The van der Waals surface area contributed by atoms with E-state index in [1.54, 1.807) is 35.1 Å². The highest BCUT2D eigenvalue weighted by Crippen LogP contribution is 2.28. The van der Waals surface area contributed by atoms with Crippen LogP contribution >= 0.6 is 0 Å². The minimum absolute atomic E-state index is 0.335. The number of hydrogen-bond donors (Lipinski definition) is 1. The van der Waals surface area contributed by atoms with Crippen LogP contribution in [0.15, 0.2) is 79.3 Å². The average molecular weight is 355 g/mol. The molecule has 0 atom stereocenters. The number of aryl methyl sites for hydroxylation is 1. The molecule has 0 aliphatic carbocycles. The summed E-state index contributed by atoms with van der Waals surface area (Å²) >= 11 is 0. The molecule has 0 radical (unpaired) electrons. The lowest BCUT2D eigenvalue weighted by atomic mass is 10.0. The third-order valence-electron chi connectivity index (χ3n) is 4.40. The van der Waals surface area contributed by atoms with E-state index in [0.29, 0.717) is 16.9 Å². The van der Waals surface area contributed by atoms with Crippen molar-refractivity contribution in [2.24, 2.45) is 0 Å². The van der Waals surface area contributed by atoms with E-state index in [9.17, 15) is 9.59 Å². The number of Topliss-reactive ketones (excluding diaryl/α,β-unsaturated/α-hetero) is 1. The minimum Gasteiger partial charge on any atom is -0.319 e. The molecule has 0 aliphatic rings. The molecule has 4 rings (SSSR count). The Bertz CT molecular complexity index is 1130. The molecule has 0 unspecified atom stereocenters. The van der Waals surface area contributed by atoms with E-state index in [-0.39, 0.29) is 0 Å². The van der Waals surface area contributed by atoms with Crippen LogP contribution in [-0.4, -0.2) is 21.1 Å². The van der Waals surface area contributed by atoms with Gasteiger partial charge in [0.1, 0.15) is 5.69 Å². The lowest BCUT2D eigenvalue weighted by Crippen LogP contribution is -2.24. The van der Waals surface area contributed by atoms with Gasteiger partial charge in [0.15, 0.2) is 0 Å². The molecule has 5 nitrogen and oxygen atoms in total. The molecular weight excluding hydrogens is 338 g/mol. The van der Waals surface area contributed by atoms with Crippen molar-refractivity contribution in [3.8, 4) is 11.1 Å². The Balaban J connectivity index is 1.76. The molecular formula is C22H17N3O2. The number of ketones is 1. The fourth-order valence-corrected chi connectivity index (χ4v) is 3.04. The molecule has 3 heterocycles. The van der Waals surface area contributed by atoms with Crippen molar-refractivity contribution < 1.29 is 9.59 Å². The number of anilines is 1. The van der Waals surface area contributed by atoms with Gasteiger partial charge in [-0.2, -0.15) is 0 Å². The summed E-state index contributed by atoms with van der Waals surface area (Å²) in [5, 5.41) is 2.69. The Morgan fingerprint density at radius 1 is 0.963 bits per heavy atom. The summed E-state index contributed by atoms with van der Waals surface area (Å²) < 4.78 is 1.74. The maximum atomic E-state index is 13.0. The first-order chi connectivity index (χ1) is 13.1. The second-order valence-corrected chi connectivity index (χ2v) is 6.29. The third-order valence-corrected chi connectivity index (χ3v) is 4.40. The predicted molar refractivity (Wildman–Crippen MR) is 105 cm³/mol. The van der Waals surface area contributed by atoms with E-state index in [0.717, 1.165) is 16.6 Å². The van der Waals surface area contributed by atoms with E-state index < -0.39 is 11.7 Å². The number of hydrogen-bond acceptors (Lipinski definition) is 3. The highest BCUT2D eigenvalue weighted by Gasteiger charge is 2.24. The van der Waals surface area contributed by atoms with Crippen LogP contribution in [0.1, 0.15) is 16.1 Å². The van der Waals surface area contributed by atoms with Crippen molar-refractivity contribution in [3.63, 3.8) is 0 Å². The van der Waals surface area contributed by atoms with E-state index in [2.05, 4.69) is 10.3 Å². The fourth-order valence-electron chi connectivity index (χ4n) is 3.04. The zero-order chi connectivity index (χ0) is 18.8. The normalized spacial score (nSPS) is 10.7. The topological polar surface area (TPSA) is 63.5 Å². The number of fused-ring (bicyclic) bond motifs is 1. The molecule has 1 N–H and O–H groups in total. The van der Waals surface area contributed by atoms with Crippen LogP contribution in [0, 0.1) is 6.92 Å². The number of pyridine rings is 2. The first-order valence-electron chi connectivity index (χ1n) is 8.56. The number of nitrogens with one attached hydrogen (secondary N) is 1. The molecule has 3 aromatic heterocycles. The lowest BCUT2D eigenvalue weighted by Gasteiger charge is -2.08. The van der Waals surface area contributed by atoms with Gasteiger partial charge in [-0.15, -0.1) is 0 Å². The van der Waals surface area contributed by atoms with Gasteiger partial charge in [0.25, 0.3) is 11.7 Å². The van der Waals surface area contributed by atoms with Gasteiger partial charge in [-0.3, -0.25) is 14.6 Å². The molecule has 27 heavy (non-hydrogen) atoms. The van der Waals surface area contributed by atoms with Crippen LogP contribution < -0.4 is 5.32 Å². The number of carbonyl (C=O) groups is 2. The molecule has 0 saturated heterocycles. The Labute approximate surface area is 156 Å². The van der Waals surface area contributed by atoms with Crippen molar-refractivity contribution >= 4 is 22.9 Å². The number of rotatable bonds is 4. The summed E-state index contributed by atoms with van der Waals surface area (Å²) in [5.74, 6) is -1.26. The van der Waals surface area contributed by atoms with E-state index in [4.69, 9.17) is 0 Å². The van der Waals surface area contributed by atoms with E-state index in [1.807, 2.05) is 55.5 Å². The summed E-state index contributed by atoms with van der Waals surface area (Å²) in [6.07, 6.45) is 5.11. The molecule has 4 aromatic rings. The molecule has 1 amide bonds. The van der Waals surface area contributed by atoms with Crippen molar-refractivity contribution in [2.45, 2.75) is 6.92 Å². The Morgan fingerprint density at radius 3 is 2.44 bits per heavy atom. The van der Waals surface area contributed by atoms with Crippen LogP contribution in [-0.2, 0) is 4.79 Å². The monoisotopic (exact) mass is 355 g/mol. The minimum atomic E-state index is -0.669. The summed E-state index contributed by atoms with van der Waals surface area (Å²) in [7, 11) is 0. The SMILES string of the molecule is Cc1ccc(NC(=O)C(=O)c2c(-c3ccncc3)cc3ccccn23)cc1. The second-order valence-electron chi connectivity index (χ2n) is 6.29. The maximum Gasteiger partial charge on any atom is 0.298 e. The number of nitrogens with zero attached hydrogens (tertiary/aromatic N) is 2. The molecule has 0 bridgehead atoms. The summed E-state index contributed by atoms with van der Waals surface area (Å²) in [5.41, 5.74) is 4.38. The fraction of sp³-hybridized carbons (Fsp3) is 0.0455. The maximum absolute atomic E-state index is 13.0. The van der Waals surface area contributed by atoms with Gasteiger partial charge < -0.3 is 9.72 Å². The smallest absolute Gasteiger partial charge is 0.298 e. The first-order valence-corrected chi connectivity index (χ1v) is 8.56. The molecule has 0 spiro atoms. The number of aromatic nitrogens is 2. The van der Waals surface area contributed by atoms with Crippen LogP contribution in [0.4, 0.5) is 5.69 Å². The first kappa shape index (κ1) is 16.7. The standard InChI is InChI=1S/C22H17N3O2/c1-15-5-7-17(8-6-15)24-22(27)21(26)20-19(16-9-11-23-12-10-16)14-18-4-2-3-13-25(18)20/h2-14H,1H3,(H,24,27). The average Bonchev–Trinajstić information content (AvgIpc) is 3.09. The summed E-state index contributed by atoms with van der Waals surface area (Å²) in [6, 6.07) is 18.5. The molecule has 0 fully saturated rings. The largest absolute Gasteiger partial charge is 0.319 e. The number of benzene rings is 1. The quantitative estimate of drug-likeness (QED) is 0.442. The highest BCUT2D eigenvalue weighted by atomic mass is 16.2. The zero-order valence-electron chi connectivity index (χ0n) is 14.7. The summed E-state index contributed by atoms with van der Waals surface area (Å²) in [6.45, 7) is 1.96. The van der Waals surface area contributed by atoms with Gasteiger partial charge in [-0.25, -0.2) is 0 Å². The Morgan fingerprint density at radius 2 is 1.70 bits per heavy atom. The van der Waals surface area contributed by atoms with Crippen molar-refractivity contribution in [3.05, 3.63) is 90.5 Å². The van der Waals surface area contributed by atoms with Crippen molar-refractivity contribution in [1.29, 1.82) is 0 Å². The zero-order valence-corrected chi connectivity index (χ0v) is 14.7. The van der Waals surface area contributed by atoms with Crippen LogP contribution in [0.2, 0.25) is 0 Å². The highest BCUT2D eigenvalue weighted by molar-refractivity contribution is 6.47. The van der Waals surface area contributed by atoms with Gasteiger partial charge in [0.05, 0.1) is 0 Å². The second kappa shape index (κ2) is 6.88. The Hall–Kier alpha value is -3.73. The van der Waals surface area contributed by atoms with Gasteiger partial charge in [-0.1, -0.05) is 23.8 Å². The van der Waals surface area contributed by atoms with Crippen LogP contribution in [0.5, 0.6) is 0 Å². The van der Waals surface area contributed by atoms with Gasteiger partial charge in [-0.05, 0) is 55.0 Å². The number of carbonyl (C=O) groups excluding carboxylic acids is 2.